The zero-order chi connectivity index (χ0) is 74.9. The molecular weight excluding hydrogens is 1350 g/mol. The van der Waals surface area contributed by atoms with Gasteiger partial charge in [0.2, 0.25) is 53.2 Å². The Morgan fingerprint density at radius 3 is 1.07 bits per heavy atom. The third-order valence-corrected chi connectivity index (χ3v) is 18.0. The molecule has 0 bridgehead atoms. The van der Waals surface area contributed by atoms with Gasteiger partial charge in [0.05, 0.1) is 32.5 Å². The fraction of sp³-hybridized carbons (Fsp3) is 0.866. The van der Waals surface area contributed by atoms with Gasteiger partial charge in [0.25, 0.3) is 0 Å². The molecule has 0 saturated carbocycles. The van der Waals surface area contributed by atoms with Crippen LogP contribution in [-0.2, 0) is 76.3 Å². The number of aliphatic hydroxyl groups excluding tert-OH is 10. The quantitative estimate of drug-likeness (QED) is 0.0257. The van der Waals surface area contributed by atoms with E-state index in [1.165, 1.54) is 20.8 Å². The largest absolute Gasteiger partial charge is 0.394 e. The Morgan fingerprint density at radius 1 is 0.392 bits per heavy atom. The van der Waals surface area contributed by atoms with Crippen molar-refractivity contribution in [2.45, 2.75) is 298 Å². The first-order valence-corrected chi connectivity index (χ1v) is 36.4. The Kier molecular flexibility index (Phi) is 43.7. The first-order valence-electron chi connectivity index (χ1n) is 36.4. The lowest BCUT2D eigenvalue weighted by atomic mass is 9.97. The maximum absolute atomic E-state index is 13.9. The van der Waals surface area contributed by atoms with Crippen molar-refractivity contribution in [2.75, 3.05) is 72.4 Å². The van der Waals surface area contributed by atoms with Crippen LogP contribution >= 0.6 is 0 Å². The van der Waals surface area contributed by atoms with Crippen LogP contribution in [0.3, 0.4) is 0 Å². The lowest BCUT2D eigenvalue weighted by Gasteiger charge is -2.42. The van der Waals surface area contributed by atoms with Crippen molar-refractivity contribution in [1.82, 2.24) is 47.9 Å². The number of hydrogen-bond donors (Lipinski definition) is 19. The average Bonchev–Trinajstić information content (AvgIpc) is 1.68. The first kappa shape index (κ1) is 88.9. The predicted molar refractivity (Wildman–Crippen MR) is 361 cm³/mol. The number of carbonyl (C=O) groups excluding carboxylic acids is 9. The summed E-state index contributed by atoms with van der Waals surface area (Å²) in [6, 6.07) is -5.59. The van der Waals surface area contributed by atoms with Gasteiger partial charge in [0.15, 0.2) is 18.9 Å². The van der Waals surface area contributed by atoms with E-state index in [0.29, 0.717) is 90.0 Å². The van der Waals surface area contributed by atoms with E-state index in [4.69, 9.17) is 33.2 Å². The number of aliphatic hydroxyl groups is 10. The summed E-state index contributed by atoms with van der Waals surface area (Å²) >= 11 is 0. The Balaban J connectivity index is 1.31. The molecule has 4 aliphatic heterocycles. The second-order valence-electron chi connectivity index (χ2n) is 26.6. The number of rotatable bonds is 51. The monoisotopic (exact) mass is 1470 g/mol. The Labute approximate surface area is 596 Å². The molecule has 35 heteroatoms. The van der Waals surface area contributed by atoms with Crippen LogP contribution in [0.25, 0.3) is 0 Å². The van der Waals surface area contributed by atoms with Crippen LogP contribution in [0.2, 0.25) is 0 Å². The molecule has 35 nitrogen and oxygen atoms in total. The summed E-state index contributed by atoms with van der Waals surface area (Å²) in [6.07, 6.45) is -4.67. The predicted octanol–water partition coefficient (Wildman–Crippen LogP) is -4.19. The van der Waals surface area contributed by atoms with Gasteiger partial charge in [-0.1, -0.05) is 70.6 Å². The number of carbonyl (C=O) groups is 9. The summed E-state index contributed by atoms with van der Waals surface area (Å²) in [5.74, 6) is -4.22. The maximum atomic E-state index is 13.9. The normalized spacial score (nSPS) is 27.7. The molecule has 0 radical (unpaired) electrons. The van der Waals surface area contributed by atoms with Crippen molar-refractivity contribution in [3.8, 4) is 0 Å². The van der Waals surface area contributed by atoms with E-state index in [2.05, 4.69) is 47.9 Å². The number of hydrogen-bond acceptors (Lipinski definition) is 26. The maximum Gasteiger partial charge on any atom is 0.249 e. The molecule has 0 aromatic rings. The minimum atomic E-state index is -1.46. The van der Waals surface area contributed by atoms with Gasteiger partial charge in [-0.25, -0.2) is 0 Å². The molecule has 9 amide bonds. The number of unbranched alkanes of at least 4 members (excludes halogenated alkanes) is 15. The fourth-order valence-corrected chi connectivity index (χ4v) is 12.2. The van der Waals surface area contributed by atoms with Crippen LogP contribution in [0.5, 0.6) is 0 Å². The molecule has 0 aliphatic carbocycles. The van der Waals surface area contributed by atoms with Crippen LogP contribution < -0.4 is 47.9 Å². The van der Waals surface area contributed by atoms with Crippen molar-refractivity contribution < 1.29 is 127 Å². The van der Waals surface area contributed by atoms with Crippen LogP contribution in [0.4, 0.5) is 0 Å². The van der Waals surface area contributed by atoms with E-state index in [9.17, 15) is 94.2 Å². The van der Waals surface area contributed by atoms with Crippen molar-refractivity contribution >= 4 is 53.2 Å². The van der Waals surface area contributed by atoms with Crippen molar-refractivity contribution in [3.63, 3.8) is 0 Å². The summed E-state index contributed by atoms with van der Waals surface area (Å²) in [7, 11) is 0. The lowest BCUT2D eigenvalue weighted by Crippen LogP contribution is -2.64. The van der Waals surface area contributed by atoms with E-state index in [0.717, 1.165) is 38.5 Å². The third-order valence-electron chi connectivity index (χ3n) is 18.0. The molecule has 0 aromatic heterocycles. The van der Waals surface area contributed by atoms with E-state index in [1.807, 2.05) is 0 Å². The molecule has 0 aromatic carbocycles. The zero-order valence-electron chi connectivity index (χ0n) is 59.4. The highest BCUT2D eigenvalue weighted by molar-refractivity contribution is 5.90. The standard InChI is InChI=1S/C67H119N9O26/c1-40(80)72-53-59(90)56(87)47(36-77)100-65(53)96-32-20-12-9-16-28-68-50(84)26-24-44(62(93)69-29-18-10-13-21-33-97-66-54(73-41(2)81)60(91)57(88)48(37-78)101-66)76-52(86)27-25-45(75-51(85)23-15-7-5-4-6-8-17-31-71-64(95)46-35-43(83)39-99-46)63(94)70-30-19-11-14-22-34-98-67-55(74-42(3)82)61(92)58(89)49(38-79)102-67/h43-49,53-61,65-67,77-79,83,87-92H,4-39H2,1-3H3,(H,68,84)(H,69,93)(H,70,94)(H,71,95)(H,72,80)(H,73,81)(H,74,82)(H,75,85)(H,76,86)/t43-,44?,45?,46-,47-,48?,49?,53?,54?,55?,56?,57?,58?,59?,60?,61?,65?,66?,67?/m1/s1. The number of ether oxygens (including phenoxy) is 7. The SMILES string of the molecule is CC(=O)NC1C(OCCCCCCNC(=O)C(CCC(=O)NCCCCCCOC2O[C@H](CO)C(O)C(O)C2NC(C)=O)NC(=O)CCC(NC(=O)CCCCCCCCCNC(=O)[C@H]2C[C@@H](O)CO2)C(=O)NCCCCCCOC2OC(CO)C(O)C(O)C2NC(C)=O)OC(CO)C(O)C1O. The molecule has 4 aliphatic rings. The van der Waals surface area contributed by atoms with Gasteiger partial charge in [-0.2, -0.15) is 0 Å². The van der Waals surface area contributed by atoms with E-state index in [-0.39, 0.29) is 90.5 Å². The molecule has 588 valence electrons. The first-order chi connectivity index (χ1) is 48.9. The molecule has 4 heterocycles. The van der Waals surface area contributed by atoms with Gasteiger partial charge in [-0.3, -0.25) is 43.2 Å². The highest BCUT2D eigenvalue weighted by atomic mass is 16.7. The van der Waals surface area contributed by atoms with Crippen molar-refractivity contribution in [1.29, 1.82) is 0 Å². The van der Waals surface area contributed by atoms with Crippen LogP contribution in [0, 0.1) is 0 Å². The summed E-state index contributed by atoms with van der Waals surface area (Å²) in [6.45, 7) is 3.68. The minimum Gasteiger partial charge on any atom is -0.394 e. The molecular formula is C67H119N9O26. The molecule has 19 N–H and O–H groups in total. The van der Waals surface area contributed by atoms with E-state index >= 15 is 0 Å². The van der Waals surface area contributed by atoms with Gasteiger partial charge in [-0.05, 0) is 64.2 Å². The van der Waals surface area contributed by atoms with Crippen molar-refractivity contribution in [2.24, 2.45) is 0 Å². The average molecular weight is 1470 g/mol. The molecule has 19 atom stereocenters. The fourth-order valence-electron chi connectivity index (χ4n) is 12.2. The van der Waals surface area contributed by atoms with E-state index < -0.39 is 183 Å². The van der Waals surface area contributed by atoms with Gasteiger partial charge < -0.3 is 132 Å². The highest BCUT2D eigenvalue weighted by Gasteiger charge is 2.48. The summed E-state index contributed by atoms with van der Waals surface area (Å²) in [5.41, 5.74) is 0. The zero-order valence-corrected chi connectivity index (χ0v) is 59.4. The topological polar surface area (TPSA) is 529 Å². The van der Waals surface area contributed by atoms with Crippen LogP contribution in [0.1, 0.15) is 181 Å². The molecule has 16 unspecified atom stereocenters. The van der Waals surface area contributed by atoms with E-state index in [1.54, 1.807) is 0 Å². The molecule has 4 fully saturated rings. The minimum absolute atomic E-state index is 0.105. The molecule has 4 saturated heterocycles. The molecule has 4 rings (SSSR count). The lowest BCUT2D eigenvalue weighted by molar-refractivity contribution is -0.270. The molecule has 0 spiro atoms. The third kappa shape index (κ3) is 33.3. The number of nitrogens with one attached hydrogen (secondary N) is 9. The van der Waals surface area contributed by atoms with Gasteiger partial charge >= 0.3 is 0 Å². The molecule has 102 heavy (non-hydrogen) atoms. The van der Waals surface area contributed by atoms with Gasteiger partial charge in [0.1, 0.15) is 91.2 Å². The van der Waals surface area contributed by atoms with Crippen molar-refractivity contribution in [3.05, 3.63) is 0 Å². The van der Waals surface area contributed by atoms with Crippen LogP contribution in [-0.4, -0.2) is 293 Å². The second kappa shape index (κ2) is 50.1. The number of amides is 9. The second-order valence-corrected chi connectivity index (χ2v) is 26.6. The van der Waals surface area contributed by atoms with Crippen LogP contribution in [0.15, 0.2) is 0 Å². The smallest absolute Gasteiger partial charge is 0.249 e. The Bertz CT molecular complexity index is 2480. The summed E-state index contributed by atoms with van der Waals surface area (Å²) in [5, 5.41) is 126. The van der Waals surface area contributed by atoms with Gasteiger partial charge in [-0.15, -0.1) is 0 Å². The van der Waals surface area contributed by atoms with Gasteiger partial charge in [0, 0.05) is 92.5 Å². The summed E-state index contributed by atoms with van der Waals surface area (Å²) in [4.78, 5) is 116. The Morgan fingerprint density at radius 2 is 0.716 bits per heavy atom. The summed E-state index contributed by atoms with van der Waals surface area (Å²) < 4.78 is 39.5. The Hall–Kier alpha value is -5.45. The highest BCUT2D eigenvalue weighted by Crippen LogP contribution is 2.26.